The van der Waals surface area contributed by atoms with Gasteiger partial charge in [0.25, 0.3) is 0 Å². The first kappa shape index (κ1) is 16.5. The largest absolute Gasteiger partial charge is 0.496 e. The van der Waals surface area contributed by atoms with Gasteiger partial charge in [0.1, 0.15) is 5.75 Å². The van der Waals surface area contributed by atoms with Gasteiger partial charge in [0.05, 0.1) is 7.11 Å². The van der Waals surface area contributed by atoms with Crippen molar-refractivity contribution in [2.75, 3.05) is 13.7 Å². The summed E-state index contributed by atoms with van der Waals surface area (Å²) in [5, 5.41) is 3.67. The summed E-state index contributed by atoms with van der Waals surface area (Å²) < 4.78 is 6.64. The summed E-state index contributed by atoms with van der Waals surface area (Å²) in [6.07, 6.45) is 3.57. The number of methoxy groups -OCH3 is 1. The van der Waals surface area contributed by atoms with Crippen LogP contribution in [0.4, 0.5) is 0 Å². The molecule has 0 aliphatic rings. The minimum Gasteiger partial charge on any atom is -0.496 e. The van der Waals surface area contributed by atoms with Crippen molar-refractivity contribution in [1.82, 2.24) is 5.32 Å². The standard InChI is InChI=1S/C16H26BrNO/c1-5-7-12(3)16(18-10-6-2)14-11-13(17)8-9-15(14)19-4/h8-9,11-12,16,18H,5-7,10H2,1-4H3. The van der Waals surface area contributed by atoms with E-state index in [1.54, 1.807) is 7.11 Å². The topological polar surface area (TPSA) is 21.3 Å². The highest BCUT2D eigenvalue weighted by molar-refractivity contribution is 9.10. The van der Waals surface area contributed by atoms with Gasteiger partial charge in [0, 0.05) is 16.1 Å². The molecule has 2 unspecified atom stereocenters. The lowest BCUT2D eigenvalue weighted by Gasteiger charge is -2.27. The summed E-state index contributed by atoms with van der Waals surface area (Å²) >= 11 is 3.57. The summed E-state index contributed by atoms with van der Waals surface area (Å²) in [6, 6.07) is 6.60. The van der Waals surface area contributed by atoms with Crippen molar-refractivity contribution in [3.8, 4) is 5.75 Å². The number of nitrogens with one attached hydrogen (secondary N) is 1. The van der Waals surface area contributed by atoms with Gasteiger partial charge in [-0.1, -0.05) is 43.1 Å². The molecular formula is C16H26BrNO. The number of halogens is 1. The Bertz CT molecular complexity index is 381. The van der Waals surface area contributed by atoms with Gasteiger partial charge in [0.15, 0.2) is 0 Å². The van der Waals surface area contributed by atoms with Gasteiger partial charge in [-0.05, 0) is 43.5 Å². The number of benzene rings is 1. The minimum atomic E-state index is 0.354. The molecule has 108 valence electrons. The first-order chi connectivity index (χ1) is 9.13. The van der Waals surface area contributed by atoms with Crippen molar-refractivity contribution in [2.45, 2.75) is 46.1 Å². The second-order valence-corrected chi connectivity index (χ2v) is 6.00. The Kier molecular flexibility index (Phi) is 7.47. The molecule has 3 heteroatoms. The van der Waals surface area contributed by atoms with Crippen LogP contribution in [-0.4, -0.2) is 13.7 Å². The number of rotatable bonds is 8. The molecule has 2 nitrogen and oxygen atoms in total. The molecular weight excluding hydrogens is 302 g/mol. The monoisotopic (exact) mass is 327 g/mol. The second-order valence-electron chi connectivity index (χ2n) is 5.08. The molecule has 0 fully saturated rings. The summed E-state index contributed by atoms with van der Waals surface area (Å²) in [6.45, 7) is 7.80. The van der Waals surface area contributed by atoms with E-state index in [-0.39, 0.29) is 0 Å². The van der Waals surface area contributed by atoms with Crippen molar-refractivity contribution in [2.24, 2.45) is 5.92 Å². The van der Waals surface area contributed by atoms with E-state index < -0.39 is 0 Å². The van der Waals surface area contributed by atoms with Crippen molar-refractivity contribution in [3.63, 3.8) is 0 Å². The van der Waals surface area contributed by atoms with Gasteiger partial charge < -0.3 is 10.1 Å². The predicted molar refractivity (Wildman–Crippen MR) is 85.8 cm³/mol. The molecule has 0 aliphatic heterocycles. The van der Waals surface area contributed by atoms with Gasteiger partial charge in [-0.15, -0.1) is 0 Å². The van der Waals surface area contributed by atoms with E-state index >= 15 is 0 Å². The van der Waals surface area contributed by atoms with Gasteiger partial charge in [-0.2, -0.15) is 0 Å². The maximum atomic E-state index is 5.53. The summed E-state index contributed by atoms with van der Waals surface area (Å²) in [4.78, 5) is 0. The first-order valence-corrected chi connectivity index (χ1v) is 8.00. The molecule has 0 saturated heterocycles. The van der Waals surface area contributed by atoms with E-state index in [0.29, 0.717) is 12.0 Å². The molecule has 0 aromatic heterocycles. The third-order valence-electron chi connectivity index (χ3n) is 3.45. The van der Waals surface area contributed by atoms with E-state index in [0.717, 1.165) is 23.2 Å². The van der Waals surface area contributed by atoms with Crippen LogP contribution < -0.4 is 10.1 Å². The zero-order valence-corrected chi connectivity index (χ0v) is 14.1. The van der Waals surface area contributed by atoms with E-state index in [2.05, 4.69) is 48.1 Å². The van der Waals surface area contributed by atoms with Crippen LogP contribution >= 0.6 is 15.9 Å². The van der Waals surface area contributed by atoms with Crippen LogP contribution in [0.5, 0.6) is 5.75 Å². The molecule has 0 radical (unpaired) electrons. The second kappa shape index (κ2) is 8.60. The fraction of sp³-hybridized carbons (Fsp3) is 0.625. The van der Waals surface area contributed by atoms with E-state index in [1.807, 2.05) is 12.1 Å². The summed E-state index contributed by atoms with van der Waals surface area (Å²) in [5.74, 6) is 1.57. The van der Waals surface area contributed by atoms with E-state index in [9.17, 15) is 0 Å². The Morgan fingerprint density at radius 3 is 2.58 bits per heavy atom. The molecule has 0 amide bonds. The van der Waals surface area contributed by atoms with Crippen molar-refractivity contribution in [1.29, 1.82) is 0 Å². The van der Waals surface area contributed by atoms with Gasteiger partial charge in [-0.3, -0.25) is 0 Å². The van der Waals surface area contributed by atoms with Crippen LogP contribution in [-0.2, 0) is 0 Å². The molecule has 2 atom stereocenters. The Balaban J connectivity index is 3.04. The Labute approximate surface area is 126 Å². The lowest BCUT2D eigenvalue weighted by atomic mass is 9.90. The lowest BCUT2D eigenvalue weighted by Crippen LogP contribution is -2.28. The lowest BCUT2D eigenvalue weighted by molar-refractivity contribution is 0.342. The van der Waals surface area contributed by atoms with E-state index in [1.165, 1.54) is 18.4 Å². The van der Waals surface area contributed by atoms with E-state index in [4.69, 9.17) is 4.74 Å². The molecule has 1 N–H and O–H groups in total. The minimum absolute atomic E-state index is 0.354. The van der Waals surface area contributed by atoms with Crippen LogP contribution in [0.3, 0.4) is 0 Å². The molecule has 1 aromatic carbocycles. The highest BCUT2D eigenvalue weighted by Crippen LogP contribution is 2.34. The molecule has 0 bridgehead atoms. The zero-order valence-electron chi connectivity index (χ0n) is 12.5. The third kappa shape index (κ3) is 4.81. The maximum Gasteiger partial charge on any atom is 0.123 e. The normalized spacial score (nSPS) is 14.2. The Hall–Kier alpha value is -0.540. The third-order valence-corrected chi connectivity index (χ3v) is 3.95. The molecule has 1 rings (SSSR count). The first-order valence-electron chi connectivity index (χ1n) is 7.20. The van der Waals surface area contributed by atoms with Crippen LogP contribution in [0.1, 0.15) is 51.6 Å². The van der Waals surface area contributed by atoms with Gasteiger partial charge >= 0.3 is 0 Å². The van der Waals surface area contributed by atoms with Gasteiger partial charge in [0.2, 0.25) is 0 Å². The van der Waals surface area contributed by atoms with Crippen LogP contribution in [0.25, 0.3) is 0 Å². The highest BCUT2D eigenvalue weighted by Gasteiger charge is 2.21. The smallest absolute Gasteiger partial charge is 0.123 e. The van der Waals surface area contributed by atoms with Crippen molar-refractivity contribution in [3.05, 3.63) is 28.2 Å². The van der Waals surface area contributed by atoms with Crippen LogP contribution in [0.2, 0.25) is 0 Å². The highest BCUT2D eigenvalue weighted by atomic mass is 79.9. The molecule has 0 spiro atoms. The molecule has 0 aliphatic carbocycles. The molecule has 1 aromatic rings. The molecule has 0 heterocycles. The average Bonchev–Trinajstić information content (AvgIpc) is 2.40. The van der Waals surface area contributed by atoms with Crippen LogP contribution in [0, 0.1) is 5.92 Å². The van der Waals surface area contributed by atoms with Gasteiger partial charge in [-0.25, -0.2) is 0 Å². The van der Waals surface area contributed by atoms with Crippen molar-refractivity contribution >= 4 is 15.9 Å². The van der Waals surface area contributed by atoms with Crippen LogP contribution in [0.15, 0.2) is 22.7 Å². The zero-order chi connectivity index (χ0) is 14.3. The Morgan fingerprint density at radius 2 is 2.00 bits per heavy atom. The van der Waals surface area contributed by atoms with Crippen molar-refractivity contribution < 1.29 is 4.74 Å². The number of ether oxygens (including phenoxy) is 1. The number of hydrogen-bond donors (Lipinski definition) is 1. The molecule has 19 heavy (non-hydrogen) atoms. The summed E-state index contributed by atoms with van der Waals surface area (Å²) in [5.41, 5.74) is 1.26. The fourth-order valence-corrected chi connectivity index (χ4v) is 2.87. The Morgan fingerprint density at radius 1 is 1.26 bits per heavy atom. The molecule has 0 saturated carbocycles. The summed E-state index contributed by atoms with van der Waals surface area (Å²) in [7, 11) is 1.74. The SMILES string of the molecule is CCCNC(c1cc(Br)ccc1OC)C(C)CCC. The predicted octanol–water partition coefficient (Wildman–Crippen LogP) is 4.93. The average molecular weight is 328 g/mol. The maximum absolute atomic E-state index is 5.53. The number of hydrogen-bond acceptors (Lipinski definition) is 2. The fourth-order valence-electron chi connectivity index (χ4n) is 2.49. The quantitative estimate of drug-likeness (QED) is 0.730.